The molecule has 4 N–H and O–H groups in total. The minimum absolute atomic E-state index is 0.0515. The van der Waals surface area contributed by atoms with Crippen LogP contribution in [-0.4, -0.2) is 15.2 Å². The van der Waals surface area contributed by atoms with Crippen LogP contribution in [0.5, 0.6) is 0 Å². The zero-order valence-electron chi connectivity index (χ0n) is 7.35. The van der Waals surface area contributed by atoms with Gasteiger partial charge in [-0.1, -0.05) is 22.6 Å². The zero-order chi connectivity index (χ0) is 11.1. The van der Waals surface area contributed by atoms with Crippen LogP contribution in [0.3, 0.4) is 0 Å². The maximum atomic E-state index is 11.5. The van der Waals surface area contributed by atoms with Gasteiger partial charge in [0.25, 0.3) is 0 Å². The number of hydrogen-bond donors (Lipinski definition) is 2. The summed E-state index contributed by atoms with van der Waals surface area (Å²) in [6.45, 7) is 1.50. The van der Waals surface area contributed by atoms with Gasteiger partial charge in [0.05, 0.1) is 3.92 Å². The summed E-state index contributed by atoms with van der Waals surface area (Å²) in [6, 6.07) is 0. The topological polar surface area (TPSA) is 69.1 Å². The van der Waals surface area contributed by atoms with Crippen molar-refractivity contribution in [2.24, 2.45) is 11.5 Å². The van der Waals surface area contributed by atoms with Crippen LogP contribution < -0.4 is 11.5 Å². The highest BCUT2D eigenvalue weighted by Gasteiger charge is 2.44. The van der Waals surface area contributed by atoms with E-state index in [4.69, 9.17) is 11.5 Å². The molecule has 3 nitrogen and oxygen atoms in total. The van der Waals surface area contributed by atoms with Crippen LogP contribution in [0.1, 0.15) is 6.92 Å². The number of allylic oxidation sites excluding steroid dienone is 2. The average Bonchev–Trinajstić information content (AvgIpc) is 2.11. The molecule has 2 atom stereocenters. The van der Waals surface area contributed by atoms with E-state index in [1.165, 1.54) is 6.92 Å². The van der Waals surface area contributed by atoms with E-state index in [0.29, 0.717) is 5.70 Å². The van der Waals surface area contributed by atoms with Gasteiger partial charge in [-0.2, -0.15) is 0 Å². The predicted molar refractivity (Wildman–Crippen MR) is 82.7 cm³/mol. The summed E-state index contributed by atoms with van der Waals surface area (Å²) >= 11 is 6.39. The molecule has 6 heteroatoms. The van der Waals surface area contributed by atoms with Gasteiger partial charge in [-0.3, -0.25) is 4.79 Å². The fourth-order valence-corrected chi connectivity index (χ4v) is 5.67. The van der Waals surface area contributed by atoms with Crippen LogP contribution in [0.15, 0.2) is 18.9 Å². The Bertz CT molecular complexity index is 350. The fourth-order valence-electron chi connectivity index (χ4n) is 1.15. The van der Waals surface area contributed by atoms with Gasteiger partial charge in [0.1, 0.15) is 5.54 Å². The van der Waals surface area contributed by atoms with Crippen molar-refractivity contribution < 1.29 is 4.79 Å². The molecule has 0 aromatic heterocycles. The van der Waals surface area contributed by atoms with Gasteiger partial charge in [0.15, 0.2) is 5.78 Å². The second-order valence-corrected chi connectivity index (χ2v) is 6.65. The van der Waals surface area contributed by atoms with Gasteiger partial charge in [-0.15, -0.1) is 0 Å². The van der Waals surface area contributed by atoms with Crippen molar-refractivity contribution in [3.8, 4) is 0 Å². The molecule has 0 spiro atoms. The Balaban J connectivity index is 3.29. The first-order chi connectivity index (χ1) is 6.31. The van der Waals surface area contributed by atoms with E-state index in [1.807, 2.05) is 6.08 Å². The molecule has 0 aromatic rings. The average molecular weight is 530 g/mol. The van der Waals surface area contributed by atoms with Crippen LogP contribution in [0.4, 0.5) is 0 Å². The molecule has 78 valence electrons. The lowest BCUT2D eigenvalue weighted by atomic mass is 9.87. The molecule has 14 heavy (non-hydrogen) atoms. The van der Waals surface area contributed by atoms with E-state index in [9.17, 15) is 4.79 Å². The molecule has 0 radical (unpaired) electrons. The van der Waals surface area contributed by atoms with E-state index in [1.54, 1.807) is 0 Å². The summed E-state index contributed by atoms with van der Waals surface area (Å²) in [5, 5.41) is 0. The first-order valence-electron chi connectivity index (χ1n) is 3.78. The first-order valence-corrected chi connectivity index (χ1v) is 7.19. The van der Waals surface area contributed by atoms with Crippen LogP contribution in [0, 0.1) is 0 Å². The lowest BCUT2D eigenvalue weighted by Crippen LogP contribution is -2.57. The molecule has 1 aliphatic rings. The third-order valence-electron chi connectivity index (χ3n) is 2.18. The maximum absolute atomic E-state index is 11.5. The number of hydrogen-bond acceptors (Lipinski definition) is 3. The number of ketones is 1. The lowest BCUT2D eigenvalue weighted by molar-refractivity contribution is -0.120. The molecule has 0 aliphatic heterocycles. The van der Waals surface area contributed by atoms with E-state index in [2.05, 4.69) is 67.8 Å². The fraction of sp³-hybridized carbons (Fsp3) is 0.375. The van der Waals surface area contributed by atoms with Gasteiger partial charge in [0, 0.05) is 12.9 Å². The van der Waals surface area contributed by atoms with Gasteiger partial charge in [-0.05, 0) is 58.2 Å². The number of carbonyl (C=O) groups is 1. The number of rotatable bonds is 1. The summed E-state index contributed by atoms with van der Waals surface area (Å²) in [5.74, 6) is -0.0515. The first kappa shape index (κ1) is 13.2. The highest BCUT2D eigenvalue weighted by Crippen LogP contribution is 2.40. The molecule has 0 heterocycles. The smallest absolute Gasteiger partial charge is 0.156 e. The highest BCUT2D eigenvalue weighted by atomic mass is 127. The van der Waals surface area contributed by atoms with Gasteiger partial charge < -0.3 is 11.5 Å². The Morgan fingerprint density at radius 3 is 2.50 bits per heavy atom. The Labute approximate surface area is 124 Å². The standard InChI is InChI=1S/C8H9I3N2O/c1-3(14)8(13)5(10)2-4(9)6(12)7(8)11/h2,7H,12-13H2,1H3. The highest BCUT2D eigenvalue weighted by molar-refractivity contribution is 14.1. The van der Waals surface area contributed by atoms with Crippen LogP contribution in [0.25, 0.3) is 0 Å². The third kappa shape index (κ3) is 1.98. The molecule has 0 aromatic carbocycles. The SMILES string of the molecule is CC(=O)C1(N)C(I)=CC(I)=C(N)C1I. The minimum atomic E-state index is -0.945. The van der Waals surface area contributed by atoms with E-state index in [0.717, 1.165) is 7.16 Å². The maximum Gasteiger partial charge on any atom is 0.156 e. The summed E-state index contributed by atoms with van der Waals surface area (Å²) in [7, 11) is 0. The summed E-state index contributed by atoms with van der Waals surface area (Å²) in [6.07, 6.45) is 1.87. The Hall–Kier alpha value is 1.10. The van der Waals surface area contributed by atoms with E-state index >= 15 is 0 Å². The number of alkyl halides is 1. The van der Waals surface area contributed by atoms with Crippen molar-refractivity contribution in [1.29, 1.82) is 0 Å². The normalized spacial score (nSPS) is 32.9. The molecule has 0 amide bonds. The van der Waals surface area contributed by atoms with Gasteiger partial charge >= 0.3 is 0 Å². The molecular formula is C8H9I3N2O. The Morgan fingerprint density at radius 1 is 1.57 bits per heavy atom. The summed E-state index contributed by atoms with van der Waals surface area (Å²) in [4.78, 5) is 11.5. The predicted octanol–water partition coefficient (Wildman–Crippen LogP) is 2.01. The van der Waals surface area contributed by atoms with Crippen molar-refractivity contribution in [1.82, 2.24) is 0 Å². The van der Waals surface area contributed by atoms with Crippen molar-refractivity contribution in [2.75, 3.05) is 0 Å². The van der Waals surface area contributed by atoms with Crippen LogP contribution in [-0.2, 0) is 4.79 Å². The molecule has 0 bridgehead atoms. The van der Waals surface area contributed by atoms with Gasteiger partial charge in [-0.25, -0.2) is 0 Å². The molecular weight excluding hydrogens is 521 g/mol. The summed E-state index contributed by atoms with van der Waals surface area (Å²) < 4.78 is 1.65. The second kappa shape index (κ2) is 4.53. The molecule has 1 rings (SSSR count). The number of halogens is 3. The quantitative estimate of drug-likeness (QED) is 0.403. The van der Waals surface area contributed by atoms with Crippen molar-refractivity contribution in [3.63, 3.8) is 0 Å². The van der Waals surface area contributed by atoms with Gasteiger partial charge in [0.2, 0.25) is 0 Å². The van der Waals surface area contributed by atoms with Crippen molar-refractivity contribution >= 4 is 73.6 Å². The van der Waals surface area contributed by atoms with E-state index in [-0.39, 0.29) is 9.71 Å². The molecule has 0 saturated carbocycles. The largest absolute Gasteiger partial charge is 0.400 e. The van der Waals surface area contributed by atoms with Crippen LogP contribution in [0.2, 0.25) is 0 Å². The molecule has 1 aliphatic carbocycles. The third-order valence-corrected chi connectivity index (χ3v) is 5.97. The summed E-state index contributed by atoms with van der Waals surface area (Å²) in [5.41, 5.74) is 11.7. The lowest BCUT2D eigenvalue weighted by Gasteiger charge is -2.35. The monoisotopic (exact) mass is 530 g/mol. The Kier molecular flexibility index (Phi) is 4.26. The number of Topliss-reactive ketones (excluding diaryl/α,β-unsaturated/α-hetero) is 1. The minimum Gasteiger partial charge on any atom is -0.400 e. The Morgan fingerprint density at radius 2 is 2.07 bits per heavy atom. The number of carbonyl (C=O) groups excluding carboxylic acids is 1. The van der Waals surface area contributed by atoms with E-state index < -0.39 is 5.54 Å². The number of nitrogens with two attached hydrogens (primary N) is 2. The zero-order valence-corrected chi connectivity index (χ0v) is 13.8. The van der Waals surface area contributed by atoms with Crippen molar-refractivity contribution in [3.05, 3.63) is 18.9 Å². The van der Waals surface area contributed by atoms with Crippen molar-refractivity contribution in [2.45, 2.75) is 16.4 Å². The second-order valence-electron chi connectivity index (χ2n) is 3.08. The molecule has 2 unspecified atom stereocenters. The molecule has 0 fully saturated rings. The van der Waals surface area contributed by atoms with Crippen LogP contribution >= 0.6 is 67.8 Å². The molecule has 0 saturated heterocycles.